The zero-order valence-electron chi connectivity index (χ0n) is 17.4. The minimum Gasteiger partial charge on any atom is -0.360 e. The average Bonchev–Trinajstić information content (AvgIpc) is 3.31. The third-order valence-corrected chi connectivity index (χ3v) is 6.17. The predicted octanol–water partition coefficient (Wildman–Crippen LogP) is 2.44. The average molecular weight is 446 g/mol. The molecule has 0 saturated carbocycles. The topological polar surface area (TPSA) is 94.2 Å². The number of anilines is 1. The number of ketones is 1. The van der Waals surface area contributed by atoms with Crippen molar-refractivity contribution in [1.82, 2.24) is 9.72 Å². The molecule has 158 valence electrons. The summed E-state index contributed by atoms with van der Waals surface area (Å²) in [7, 11) is 0. The predicted molar refractivity (Wildman–Crippen MR) is 119 cm³/mol. The number of nitrogens with zero attached hydrogens (tertiary/aromatic N) is 2. The molecule has 0 aromatic carbocycles. The van der Waals surface area contributed by atoms with Crippen LogP contribution in [0.3, 0.4) is 0 Å². The Hall–Kier alpha value is -2.78. The van der Waals surface area contributed by atoms with E-state index in [1.54, 1.807) is 30.4 Å². The summed E-state index contributed by atoms with van der Waals surface area (Å²) in [5.74, 6) is 0.284. The second kappa shape index (κ2) is 8.53. The summed E-state index contributed by atoms with van der Waals surface area (Å²) >= 11 is 2.77. The number of nitrogens with one attached hydrogen (secondary N) is 1. The second-order valence-electron chi connectivity index (χ2n) is 7.92. The maximum Gasteiger partial charge on any atom is 0.269 e. The van der Waals surface area contributed by atoms with E-state index in [4.69, 9.17) is 4.52 Å². The van der Waals surface area contributed by atoms with Gasteiger partial charge >= 0.3 is 0 Å². The number of aryl methyl sites for hydroxylation is 2. The summed E-state index contributed by atoms with van der Waals surface area (Å²) in [4.78, 5) is 40.1. The number of hydrogen-bond acceptors (Lipinski definition) is 7. The Morgan fingerprint density at radius 3 is 2.53 bits per heavy atom. The van der Waals surface area contributed by atoms with Gasteiger partial charge < -0.3 is 9.84 Å². The molecule has 30 heavy (non-hydrogen) atoms. The molecule has 0 aliphatic carbocycles. The SMILES string of the molecule is Cc1cc(NC(=O)Cn2c(=O)/c(=C\c3ccc(C)s3)s/c2=C\C(=O)C(C)(C)C)no1. The van der Waals surface area contributed by atoms with E-state index in [1.165, 1.54) is 22.0 Å². The molecule has 0 fully saturated rings. The first-order valence-corrected chi connectivity index (χ1v) is 10.9. The molecule has 0 spiro atoms. The molecular formula is C21H23N3O4S2. The van der Waals surface area contributed by atoms with Crippen LogP contribution in [0.25, 0.3) is 12.2 Å². The molecule has 3 aromatic rings. The van der Waals surface area contributed by atoms with Gasteiger partial charge in [0.05, 0.1) is 4.53 Å². The highest BCUT2D eigenvalue weighted by Gasteiger charge is 2.20. The van der Waals surface area contributed by atoms with Crippen LogP contribution in [0.15, 0.2) is 27.5 Å². The van der Waals surface area contributed by atoms with Gasteiger partial charge in [0.25, 0.3) is 5.56 Å². The fourth-order valence-electron chi connectivity index (χ4n) is 2.53. The molecule has 7 nitrogen and oxygen atoms in total. The maximum atomic E-state index is 13.0. The van der Waals surface area contributed by atoms with Crippen molar-refractivity contribution in [3.05, 3.63) is 53.3 Å². The van der Waals surface area contributed by atoms with Crippen LogP contribution in [-0.2, 0) is 16.1 Å². The van der Waals surface area contributed by atoms with Crippen LogP contribution in [0.4, 0.5) is 5.82 Å². The smallest absolute Gasteiger partial charge is 0.269 e. The molecule has 0 saturated heterocycles. The van der Waals surface area contributed by atoms with E-state index >= 15 is 0 Å². The van der Waals surface area contributed by atoms with Crippen molar-refractivity contribution in [1.29, 1.82) is 0 Å². The highest BCUT2D eigenvalue weighted by molar-refractivity contribution is 7.13. The molecule has 1 N–H and O–H groups in total. The van der Waals surface area contributed by atoms with Gasteiger partial charge in [-0.05, 0) is 32.1 Å². The zero-order valence-corrected chi connectivity index (χ0v) is 19.1. The van der Waals surface area contributed by atoms with E-state index < -0.39 is 11.3 Å². The Labute approximate surface area is 181 Å². The summed E-state index contributed by atoms with van der Waals surface area (Å²) in [6, 6.07) is 5.50. The van der Waals surface area contributed by atoms with Crippen LogP contribution < -0.4 is 20.1 Å². The number of amides is 1. The molecule has 9 heteroatoms. The third-order valence-electron chi connectivity index (χ3n) is 4.16. The van der Waals surface area contributed by atoms with E-state index in [0.29, 0.717) is 15.0 Å². The van der Waals surface area contributed by atoms with Gasteiger partial charge in [0, 0.05) is 27.3 Å². The standard InChI is InChI=1S/C21H23N3O4S2/c1-12-8-17(23-28-12)22-18(26)11-24-19(10-16(25)21(3,4)5)30-15(20(24)27)9-14-7-6-13(2)29-14/h6-10H,11H2,1-5H3,(H,22,23,26)/b15-9+,19-10-. The van der Waals surface area contributed by atoms with Crippen molar-refractivity contribution in [2.75, 3.05) is 5.32 Å². The fourth-order valence-corrected chi connectivity index (χ4v) is 4.46. The molecule has 3 heterocycles. The lowest BCUT2D eigenvalue weighted by molar-refractivity contribution is -0.120. The Morgan fingerprint density at radius 1 is 1.23 bits per heavy atom. The van der Waals surface area contributed by atoms with Gasteiger partial charge in [-0.15, -0.1) is 22.7 Å². The van der Waals surface area contributed by atoms with Crippen molar-refractivity contribution in [2.24, 2.45) is 5.41 Å². The number of thiophene rings is 1. The molecular weight excluding hydrogens is 422 g/mol. The monoisotopic (exact) mass is 445 g/mol. The summed E-state index contributed by atoms with van der Waals surface area (Å²) in [5.41, 5.74) is -0.911. The first-order valence-electron chi connectivity index (χ1n) is 9.30. The van der Waals surface area contributed by atoms with Crippen molar-refractivity contribution in [2.45, 2.75) is 41.2 Å². The van der Waals surface area contributed by atoms with Gasteiger partial charge in [-0.1, -0.05) is 25.9 Å². The number of carbonyl (C=O) groups is 2. The first-order chi connectivity index (χ1) is 14.0. The van der Waals surface area contributed by atoms with Gasteiger partial charge in [0.2, 0.25) is 5.91 Å². The van der Waals surface area contributed by atoms with E-state index in [2.05, 4.69) is 10.5 Å². The minimum atomic E-state index is -0.597. The van der Waals surface area contributed by atoms with E-state index in [-0.39, 0.29) is 23.7 Å². The van der Waals surface area contributed by atoms with Crippen molar-refractivity contribution >= 4 is 52.3 Å². The molecule has 0 bridgehead atoms. The summed E-state index contributed by atoms with van der Waals surface area (Å²) in [6.45, 7) is 8.90. The number of thiazole rings is 1. The van der Waals surface area contributed by atoms with Crippen LogP contribution >= 0.6 is 22.7 Å². The van der Waals surface area contributed by atoms with Gasteiger partial charge in [-0.25, -0.2) is 0 Å². The van der Waals surface area contributed by atoms with Crippen LogP contribution in [0.1, 0.15) is 36.3 Å². The molecule has 0 unspecified atom stereocenters. The Kier molecular flexibility index (Phi) is 6.23. The summed E-state index contributed by atoms with van der Waals surface area (Å²) in [5, 5.41) is 6.33. The Bertz CT molecular complexity index is 1270. The fraction of sp³-hybridized carbons (Fsp3) is 0.333. The highest BCUT2D eigenvalue weighted by atomic mass is 32.1. The van der Waals surface area contributed by atoms with Gasteiger partial charge in [0.15, 0.2) is 11.6 Å². The van der Waals surface area contributed by atoms with Crippen molar-refractivity contribution in [3.8, 4) is 0 Å². The lowest BCUT2D eigenvalue weighted by atomic mass is 9.91. The van der Waals surface area contributed by atoms with Gasteiger partial charge in [-0.3, -0.25) is 19.0 Å². The summed E-state index contributed by atoms with van der Waals surface area (Å²) < 4.78 is 7.17. The molecule has 0 atom stereocenters. The Balaban J connectivity index is 2.04. The third kappa shape index (κ3) is 5.22. The number of rotatable bonds is 5. The van der Waals surface area contributed by atoms with Crippen molar-refractivity contribution in [3.63, 3.8) is 0 Å². The molecule has 0 radical (unpaired) electrons. The number of hydrogen-bond donors (Lipinski definition) is 1. The second-order valence-corrected chi connectivity index (χ2v) is 10.3. The lowest BCUT2D eigenvalue weighted by Crippen LogP contribution is -2.36. The van der Waals surface area contributed by atoms with Crippen LogP contribution in [-0.4, -0.2) is 21.4 Å². The summed E-state index contributed by atoms with van der Waals surface area (Å²) in [6.07, 6.45) is 3.23. The number of carbonyl (C=O) groups excluding carboxylic acids is 2. The van der Waals surface area contributed by atoms with E-state index in [1.807, 2.05) is 39.8 Å². The van der Waals surface area contributed by atoms with Crippen LogP contribution in [0.5, 0.6) is 0 Å². The normalized spacial score (nSPS) is 13.1. The Morgan fingerprint density at radius 2 is 1.97 bits per heavy atom. The molecule has 3 aromatic heterocycles. The van der Waals surface area contributed by atoms with E-state index in [0.717, 1.165) is 9.75 Å². The van der Waals surface area contributed by atoms with Crippen LogP contribution in [0, 0.1) is 19.3 Å². The highest BCUT2D eigenvalue weighted by Crippen LogP contribution is 2.16. The van der Waals surface area contributed by atoms with Crippen LogP contribution in [0.2, 0.25) is 0 Å². The lowest BCUT2D eigenvalue weighted by Gasteiger charge is -2.12. The zero-order chi connectivity index (χ0) is 22.1. The first kappa shape index (κ1) is 21.9. The molecule has 0 aliphatic heterocycles. The quantitative estimate of drug-likeness (QED) is 0.651. The van der Waals surface area contributed by atoms with Gasteiger partial charge in [0.1, 0.15) is 17.0 Å². The van der Waals surface area contributed by atoms with E-state index in [9.17, 15) is 14.4 Å². The largest absolute Gasteiger partial charge is 0.360 e. The number of Topliss-reactive ketones (excluding diaryl/α,β-unsaturated/α-hetero) is 1. The maximum absolute atomic E-state index is 13.0. The van der Waals surface area contributed by atoms with Crippen molar-refractivity contribution < 1.29 is 14.1 Å². The number of aromatic nitrogens is 2. The van der Waals surface area contributed by atoms with Gasteiger partial charge in [-0.2, -0.15) is 0 Å². The molecule has 3 rings (SSSR count). The molecule has 1 amide bonds. The minimum absolute atomic E-state index is 0.122. The molecule has 0 aliphatic rings.